The maximum absolute atomic E-state index is 12.6. The van der Waals surface area contributed by atoms with Crippen molar-refractivity contribution in [1.29, 1.82) is 5.26 Å². The third-order valence-corrected chi connectivity index (χ3v) is 3.87. The Morgan fingerprint density at radius 3 is 2.55 bits per heavy atom. The lowest BCUT2D eigenvalue weighted by Crippen LogP contribution is -2.30. The minimum absolute atomic E-state index is 0.0540. The van der Waals surface area contributed by atoms with Gasteiger partial charge in [-0.3, -0.25) is 0 Å². The van der Waals surface area contributed by atoms with Gasteiger partial charge in [0.2, 0.25) is 0 Å². The van der Waals surface area contributed by atoms with Crippen molar-refractivity contribution in [1.82, 2.24) is 0 Å². The number of hydrogen-bond acceptors (Lipinski definition) is 3. The quantitative estimate of drug-likeness (QED) is 0.817. The van der Waals surface area contributed by atoms with E-state index >= 15 is 0 Å². The number of nitrogens with zero attached hydrogens (tertiary/aromatic N) is 2. The minimum atomic E-state index is -4.42. The molecule has 0 saturated carbocycles. The molecule has 1 aromatic carbocycles. The first-order valence-corrected chi connectivity index (χ1v) is 7.53. The molecule has 0 aliphatic rings. The Bertz CT molecular complexity index is 494. The molecule has 1 atom stereocenters. The van der Waals surface area contributed by atoms with Crippen molar-refractivity contribution >= 4 is 17.4 Å². The van der Waals surface area contributed by atoms with E-state index < -0.39 is 11.7 Å². The van der Waals surface area contributed by atoms with Crippen molar-refractivity contribution in [2.75, 3.05) is 24.0 Å². The van der Waals surface area contributed by atoms with Gasteiger partial charge in [0.05, 0.1) is 16.8 Å². The van der Waals surface area contributed by atoms with E-state index in [9.17, 15) is 13.2 Å². The van der Waals surface area contributed by atoms with Crippen molar-refractivity contribution in [3.63, 3.8) is 0 Å². The highest BCUT2D eigenvalue weighted by molar-refractivity contribution is 7.98. The molecule has 1 unspecified atom stereocenters. The van der Waals surface area contributed by atoms with Gasteiger partial charge in [-0.15, -0.1) is 0 Å². The maximum Gasteiger partial charge on any atom is 0.416 e. The molecule has 2 nitrogen and oxygen atoms in total. The molecular weight excluding hydrogens is 285 g/mol. The van der Waals surface area contributed by atoms with Crippen LogP contribution < -0.4 is 4.90 Å². The van der Waals surface area contributed by atoms with E-state index in [1.165, 1.54) is 6.07 Å². The van der Waals surface area contributed by atoms with Gasteiger partial charge in [-0.25, -0.2) is 0 Å². The van der Waals surface area contributed by atoms with Crippen LogP contribution in [0.5, 0.6) is 0 Å². The SMILES string of the molecule is CSCCC(C)N(C)c1ccc(C(F)(F)F)cc1C#N. The van der Waals surface area contributed by atoms with Crippen molar-refractivity contribution in [2.45, 2.75) is 25.6 Å². The van der Waals surface area contributed by atoms with Crippen molar-refractivity contribution in [3.05, 3.63) is 29.3 Å². The monoisotopic (exact) mass is 302 g/mol. The summed E-state index contributed by atoms with van der Waals surface area (Å²) in [4.78, 5) is 1.86. The zero-order chi connectivity index (χ0) is 15.3. The van der Waals surface area contributed by atoms with Gasteiger partial charge in [-0.1, -0.05) is 0 Å². The van der Waals surface area contributed by atoms with E-state index in [-0.39, 0.29) is 11.6 Å². The molecule has 1 rings (SSSR count). The lowest BCUT2D eigenvalue weighted by atomic mass is 10.1. The Morgan fingerprint density at radius 2 is 2.05 bits per heavy atom. The second-order valence-corrected chi connectivity index (χ2v) is 5.57. The molecule has 0 amide bonds. The van der Waals surface area contributed by atoms with E-state index in [1.807, 2.05) is 24.1 Å². The molecule has 0 aliphatic carbocycles. The number of nitriles is 1. The number of halogens is 3. The standard InChI is InChI=1S/C14H17F3N2S/c1-10(6-7-20-3)19(2)13-5-4-12(14(15,16)17)8-11(13)9-18/h4-5,8,10H,6-7H2,1-3H3. The molecule has 0 fully saturated rings. The van der Waals surface area contributed by atoms with Crippen LogP contribution in [0.1, 0.15) is 24.5 Å². The average molecular weight is 302 g/mol. The van der Waals surface area contributed by atoms with Gasteiger partial charge < -0.3 is 4.90 Å². The molecule has 0 aliphatic heterocycles. The van der Waals surface area contributed by atoms with Crippen LogP contribution >= 0.6 is 11.8 Å². The fraction of sp³-hybridized carbons (Fsp3) is 0.500. The van der Waals surface area contributed by atoms with Crippen molar-refractivity contribution in [3.8, 4) is 6.07 Å². The number of rotatable bonds is 5. The molecule has 0 bridgehead atoms. The van der Waals surface area contributed by atoms with Crippen LogP contribution in [0.2, 0.25) is 0 Å². The molecule has 0 spiro atoms. The molecule has 0 N–H and O–H groups in total. The molecule has 0 radical (unpaired) electrons. The summed E-state index contributed by atoms with van der Waals surface area (Å²) in [6.45, 7) is 2.00. The summed E-state index contributed by atoms with van der Waals surface area (Å²) in [5.41, 5.74) is -0.199. The first-order chi connectivity index (χ1) is 9.31. The van der Waals surface area contributed by atoms with E-state index in [2.05, 4.69) is 0 Å². The first kappa shape index (κ1) is 16.7. The van der Waals surface area contributed by atoms with Gasteiger partial charge in [-0.05, 0) is 43.6 Å². The van der Waals surface area contributed by atoms with E-state index in [1.54, 1.807) is 18.8 Å². The van der Waals surface area contributed by atoms with Crippen LogP contribution in [0.4, 0.5) is 18.9 Å². The van der Waals surface area contributed by atoms with Crippen LogP contribution in [0.25, 0.3) is 0 Å². The highest BCUT2D eigenvalue weighted by atomic mass is 32.2. The lowest BCUT2D eigenvalue weighted by molar-refractivity contribution is -0.137. The number of benzene rings is 1. The summed E-state index contributed by atoms with van der Waals surface area (Å²) in [5, 5.41) is 9.07. The summed E-state index contributed by atoms with van der Waals surface area (Å²) >= 11 is 1.72. The zero-order valence-corrected chi connectivity index (χ0v) is 12.5. The summed E-state index contributed by atoms with van der Waals surface area (Å²) in [5.74, 6) is 0.966. The largest absolute Gasteiger partial charge is 0.416 e. The van der Waals surface area contributed by atoms with Gasteiger partial charge in [-0.2, -0.15) is 30.2 Å². The van der Waals surface area contributed by atoms with Gasteiger partial charge in [0.15, 0.2) is 0 Å². The molecule has 0 heterocycles. The Hall–Kier alpha value is -1.35. The summed E-state index contributed by atoms with van der Waals surface area (Å²) in [6, 6.07) is 5.32. The van der Waals surface area contributed by atoms with Crippen LogP contribution in [0.15, 0.2) is 18.2 Å². The van der Waals surface area contributed by atoms with E-state index in [0.717, 1.165) is 24.3 Å². The van der Waals surface area contributed by atoms with E-state index in [0.29, 0.717) is 5.69 Å². The molecule has 20 heavy (non-hydrogen) atoms. The third kappa shape index (κ3) is 4.07. The van der Waals surface area contributed by atoms with Crippen LogP contribution in [-0.2, 0) is 6.18 Å². The zero-order valence-electron chi connectivity index (χ0n) is 11.7. The van der Waals surface area contributed by atoms with E-state index in [4.69, 9.17) is 5.26 Å². The normalized spacial score (nSPS) is 12.8. The fourth-order valence-electron chi connectivity index (χ4n) is 1.83. The summed E-state index contributed by atoms with van der Waals surface area (Å²) in [7, 11) is 1.80. The van der Waals surface area contributed by atoms with Gasteiger partial charge in [0.25, 0.3) is 0 Å². The number of thioether (sulfide) groups is 1. The summed E-state index contributed by atoms with van der Waals surface area (Å²) in [6.07, 6.45) is -1.51. The Kier molecular flexibility index (Phi) is 5.75. The van der Waals surface area contributed by atoms with Crippen molar-refractivity contribution < 1.29 is 13.2 Å². The average Bonchev–Trinajstić information content (AvgIpc) is 2.42. The van der Waals surface area contributed by atoms with Gasteiger partial charge in [0, 0.05) is 13.1 Å². The van der Waals surface area contributed by atoms with Crippen LogP contribution in [0, 0.1) is 11.3 Å². The first-order valence-electron chi connectivity index (χ1n) is 6.14. The molecule has 6 heteroatoms. The molecular formula is C14H17F3N2S. The molecule has 0 aromatic heterocycles. The van der Waals surface area contributed by atoms with Gasteiger partial charge in [0.1, 0.15) is 6.07 Å². The number of alkyl halides is 3. The lowest BCUT2D eigenvalue weighted by Gasteiger charge is -2.28. The predicted molar refractivity (Wildman–Crippen MR) is 77.0 cm³/mol. The maximum atomic E-state index is 12.6. The predicted octanol–water partition coefficient (Wildman–Crippen LogP) is 4.15. The Balaban J connectivity index is 3.04. The topological polar surface area (TPSA) is 27.0 Å². The highest BCUT2D eigenvalue weighted by Gasteiger charge is 2.31. The number of anilines is 1. The Morgan fingerprint density at radius 1 is 1.40 bits per heavy atom. The molecule has 1 aromatic rings. The highest BCUT2D eigenvalue weighted by Crippen LogP contribution is 2.33. The van der Waals surface area contributed by atoms with Gasteiger partial charge >= 0.3 is 6.18 Å². The fourth-order valence-corrected chi connectivity index (χ4v) is 2.41. The second kappa shape index (κ2) is 6.89. The number of hydrogen-bond donors (Lipinski definition) is 0. The smallest absolute Gasteiger partial charge is 0.371 e. The molecule has 0 saturated heterocycles. The van der Waals surface area contributed by atoms with Crippen molar-refractivity contribution in [2.24, 2.45) is 0 Å². The summed E-state index contributed by atoms with van der Waals surface area (Å²) < 4.78 is 37.9. The molecule has 110 valence electrons. The Labute approximate surface area is 121 Å². The third-order valence-electron chi connectivity index (χ3n) is 3.23. The van der Waals surface area contributed by atoms with Crippen LogP contribution in [-0.4, -0.2) is 25.1 Å². The minimum Gasteiger partial charge on any atom is -0.371 e. The van der Waals surface area contributed by atoms with Crippen LogP contribution in [0.3, 0.4) is 0 Å². The second-order valence-electron chi connectivity index (χ2n) is 4.58.